The SMILES string of the molecule is COc1cnc(C(=O)Nc2ccc(F)c([C@]3(C)C[S@@](=O)(=NCC(F)(F)F)N(C)C(N)=N3)n2)cn1. The van der Waals surface area contributed by atoms with Gasteiger partial charge in [0, 0.05) is 7.05 Å². The molecule has 0 bridgehead atoms. The summed E-state index contributed by atoms with van der Waals surface area (Å²) in [4.78, 5) is 28.3. The smallest absolute Gasteiger partial charge is 0.408 e. The van der Waals surface area contributed by atoms with Crippen LogP contribution in [0, 0.1) is 5.82 Å². The van der Waals surface area contributed by atoms with Crippen LogP contribution in [0.5, 0.6) is 5.88 Å². The van der Waals surface area contributed by atoms with Crippen molar-refractivity contribution in [2.75, 3.05) is 31.8 Å². The Kier molecular flexibility index (Phi) is 6.64. The first-order valence-electron chi connectivity index (χ1n) is 9.47. The van der Waals surface area contributed by atoms with E-state index in [-0.39, 0.29) is 17.4 Å². The number of carbonyl (C=O) groups excluding carboxylic acids is 1. The molecule has 1 aliphatic heterocycles. The average Bonchev–Trinajstić information content (AvgIpc) is 2.77. The number of hydrogen-bond acceptors (Lipinski definition) is 9. The van der Waals surface area contributed by atoms with Gasteiger partial charge in [0.15, 0.2) is 0 Å². The topological polar surface area (TPSA) is 148 Å². The molecule has 16 heteroatoms. The largest absolute Gasteiger partial charge is 0.480 e. The number of anilines is 1. The molecule has 2 atom stereocenters. The minimum Gasteiger partial charge on any atom is -0.480 e. The van der Waals surface area contributed by atoms with Gasteiger partial charge in [-0.25, -0.2) is 32.9 Å². The summed E-state index contributed by atoms with van der Waals surface area (Å²) in [6.07, 6.45) is -2.33. The highest BCUT2D eigenvalue weighted by molar-refractivity contribution is 7.92. The third kappa shape index (κ3) is 5.32. The number of nitrogens with zero attached hydrogens (tertiary/aromatic N) is 6. The van der Waals surface area contributed by atoms with Gasteiger partial charge < -0.3 is 15.8 Å². The summed E-state index contributed by atoms with van der Waals surface area (Å²) >= 11 is 0. The predicted molar refractivity (Wildman–Crippen MR) is 114 cm³/mol. The fraction of sp³-hybridized carbons (Fsp3) is 0.389. The Bertz CT molecular complexity index is 1240. The molecule has 0 aliphatic carbocycles. The number of halogens is 4. The van der Waals surface area contributed by atoms with Gasteiger partial charge in [0.2, 0.25) is 11.8 Å². The quantitative estimate of drug-likeness (QED) is 0.589. The van der Waals surface area contributed by atoms with Crippen molar-refractivity contribution >= 4 is 27.6 Å². The van der Waals surface area contributed by atoms with Crippen LogP contribution in [-0.4, -0.2) is 68.0 Å². The van der Waals surface area contributed by atoms with Crippen molar-refractivity contribution in [2.24, 2.45) is 15.1 Å². The molecule has 11 nitrogen and oxygen atoms in total. The van der Waals surface area contributed by atoms with Gasteiger partial charge in [-0.2, -0.15) is 13.2 Å². The van der Waals surface area contributed by atoms with Gasteiger partial charge in [-0.3, -0.25) is 9.10 Å². The van der Waals surface area contributed by atoms with Crippen molar-refractivity contribution in [2.45, 2.75) is 18.6 Å². The van der Waals surface area contributed by atoms with Crippen molar-refractivity contribution < 1.29 is 31.3 Å². The monoisotopic (exact) mass is 504 g/mol. The molecule has 2 aromatic rings. The van der Waals surface area contributed by atoms with Crippen LogP contribution >= 0.6 is 0 Å². The van der Waals surface area contributed by atoms with Crippen LogP contribution in [0.25, 0.3) is 0 Å². The fourth-order valence-electron chi connectivity index (χ4n) is 3.00. The van der Waals surface area contributed by atoms with Crippen LogP contribution in [0.3, 0.4) is 0 Å². The summed E-state index contributed by atoms with van der Waals surface area (Å²) in [5.41, 5.74) is 3.56. The van der Waals surface area contributed by atoms with Crippen LogP contribution in [0.4, 0.5) is 23.4 Å². The number of aromatic nitrogens is 3. The number of carbonyl (C=O) groups is 1. The summed E-state index contributed by atoms with van der Waals surface area (Å²) in [6, 6.07) is 2.13. The number of methoxy groups -OCH3 is 1. The molecule has 1 aliphatic rings. The second-order valence-electron chi connectivity index (χ2n) is 7.32. The molecule has 3 N–H and O–H groups in total. The van der Waals surface area contributed by atoms with Crippen LogP contribution in [-0.2, 0) is 15.5 Å². The first kappa shape index (κ1) is 25.1. The zero-order valence-electron chi connectivity index (χ0n) is 18.1. The van der Waals surface area contributed by atoms with E-state index in [4.69, 9.17) is 10.5 Å². The summed E-state index contributed by atoms with van der Waals surface area (Å²) in [6.45, 7) is -0.379. The van der Waals surface area contributed by atoms with Crippen molar-refractivity contribution in [3.8, 4) is 5.88 Å². The van der Waals surface area contributed by atoms with E-state index in [1.807, 2.05) is 0 Å². The minimum atomic E-state index is -4.71. The molecule has 0 aromatic carbocycles. The lowest BCUT2D eigenvalue weighted by Gasteiger charge is -2.36. The van der Waals surface area contributed by atoms with Crippen molar-refractivity contribution in [1.82, 2.24) is 19.3 Å². The zero-order chi connectivity index (χ0) is 25.3. The highest BCUT2D eigenvalue weighted by Crippen LogP contribution is 2.34. The molecular weight excluding hydrogens is 484 g/mol. The summed E-state index contributed by atoms with van der Waals surface area (Å²) in [5.74, 6) is -2.59. The number of pyridine rings is 1. The number of rotatable bonds is 5. The zero-order valence-corrected chi connectivity index (χ0v) is 18.9. The Hall–Kier alpha value is -3.56. The van der Waals surface area contributed by atoms with E-state index < -0.39 is 57.3 Å². The lowest BCUT2D eigenvalue weighted by molar-refractivity contribution is -0.117. The Morgan fingerprint density at radius 3 is 2.65 bits per heavy atom. The molecule has 2 aromatic heterocycles. The van der Waals surface area contributed by atoms with E-state index in [1.54, 1.807) is 0 Å². The van der Waals surface area contributed by atoms with Crippen LogP contribution < -0.4 is 15.8 Å². The molecule has 184 valence electrons. The lowest BCUT2D eigenvalue weighted by Crippen LogP contribution is -2.51. The molecule has 0 fully saturated rings. The van der Waals surface area contributed by atoms with Crippen molar-refractivity contribution in [3.05, 3.63) is 41.7 Å². The second kappa shape index (κ2) is 9.00. The molecule has 34 heavy (non-hydrogen) atoms. The number of alkyl halides is 3. The molecule has 0 saturated carbocycles. The van der Waals surface area contributed by atoms with E-state index in [0.29, 0.717) is 0 Å². The van der Waals surface area contributed by atoms with E-state index in [1.165, 1.54) is 27.3 Å². The van der Waals surface area contributed by atoms with Gasteiger partial charge in [0.1, 0.15) is 45.0 Å². The maximum atomic E-state index is 14.8. The first-order valence-corrected chi connectivity index (χ1v) is 11.1. The van der Waals surface area contributed by atoms with E-state index in [2.05, 4.69) is 29.6 Å². The number of hydrogen-bond donors (Lipinski definition) is 2. The Morgan fingerprint density at radius 1 is 1.35 bits per heavy atom. The number of amides is 1. The van der Waals surface area contributed by atoms with Crippen molar-refractivity contribution in [1.29, 1.82) is 0 Å². The Labute approximate surface area is 191 Å². The normalized spacial score (nSPS) is 22.7. The molecule has 1 amide bonds. The number of nitrogens with two attached hydrogens (primary N) is 1. The number of aliphatic imine (C=N–C) groups is 1. The highest BCUT2D eigenvalue weighted by atomic mass is 32.2. The van der Waals surface area contributed by atoms with Gasteiger partial charge in [0.05, 0.1) is 25.3 Å². The maximum Gasteiger partial charge on any atom is 0.408 e. The summed E-state index contributed by atoms with van der Waals surface area (Å²) in [7, 11) is -1.20. The van der Waals surface area contributed by atoms with Gasteiger partial charge >= 0.3 is 6.18 Å². The lowest BCUT2D eigenvalue weighted by atomic mass is 10.00. The molecular formula is C18H20F4N8O3S. The van der Waals surface area contributed by atoms with Gasteiger partial charge in [-0.1, -0.05) is 0 Å². The number of ether oxygens (including phenoxy) is 1. The predicted octanol–water partition coefficient (Wildman–Crippen LogP) is 1.69. The van der Waals surface area contributed by atoms with E-state index >= 15 is 0 Å². The van der Waals surface area contributed by atoms with Crippen molar-refractivity contribution in [3.63, 3.8) is 0 Å². The molecule has 0 radical (unpaired) electrons. The number of nitrogens with one attached hydrogen (secondary N) is 1. The second-order valence-corrected chi connectivity index (χ2v) is 9.63. The van der Waals surface area contributed by atoms with Crippen LogP contribution in [0.2, 0.25) is 0 Å². The molecule has 0 saturated heterocycles. The molecule has 3 rings (SSSR count). The van der Waals surface area contributed by atoms with Crippen LogP contribution in [0.1, 0.15) is 23.1 Å². The molecule has 3 heterocycles. The third-order valence-electron chi connectivity index (χ3n) is 4.69. The van der Waals surface area contributed by atoms with Gasteiger partial charge in [-0.05, 0) is 19.1 Å². The number of guanidine groups is 1. The van der Waals surface area contributed by atoms with E-state index in [0.717, 1.165) is 22.6 Å². The highest BCUT2D eigenvalue weighted by Gasteiger charge is 2.42. The van der Waals surface area contributed by atoms with E-state index in [9.17, 15) is 26.6 Å². The standard InChI is InChI=1S/C18H20F4N8O3S/c1-17(9-34(32,26-8-18(20,21)22)30(2)16(23)29-17)14-10(19)4-5-12(27-14)28-15(31)11-6-25-13(33-3)7-24-11/h4-7H,8-9H2,1-3H3,(H2,23,29)(H,27,28,31)/t17-,34+/m0/s1. The maximum absolute atomic E-state index is 14.8. The first-order chi connectivity index (χ1) is 15.8. The van der Waals surface area contributed by atoms with Gasteiger partial charge in [-0.15, -0.1) is 0 Å². The molecule has 0 spiro atoms. The Morgan fingerprint density at radius 2 is 2.06 bits per heavy atom. The summed E-state index contributed by atoms with van der Waals surface area (Å²) < 4.78 is 75.1. The fourth-order valence-corrected chi connectivity index (χ4v) is 5.07. The van der Waals surface area contributed by atoms with Gasteiger partial charge in [0.25, 0.3) is 5.91 Å². The minimum absolute atomic E-state index is 0.0878. The third-order valence-corrected chi connectivity index (χ3v) is 7.21. The Balaban J connectivity index is 1.96. The molecule has 0 unspecified atom stereocenters. The van der Waals surface area contributed by atoms with Crippen LogP contribution in [0.15, 0.2) is 33.9 Å². The average molecular weight is 504 g/mol. The summed E-state index contributed by atoms with van der Waals surface area (Å²) in [5, 5.41) is 2.41.